The quantitative estimate of drug-likeness (QED) is 0.548. The first-order valence-electron chi connectivity index (χ1n) is 6.17. The molecule has 1 unspecified atom stereocenters. The molecule has 0 aliphatic heterocycles. The van der Waals surface area contributed by atoms with Crippen LogP contribution in [0, 0.1) is 5.92 Å². The summed E-state index contributed by atoms with van der Waals surface area (Å²) in [6.45, 7) is 3.04. The highest BCUT2D eigenvalue weighted by molar-refractivity contribution is 5.70. The van der Waals surface area contributed by atoms with Gasteiger partial charge in [-0.2, -0.15) is 0 Å². The molecule has 2 N–H and O–H groups in total. The molecule has 0 bridgehead atoms. The van der Waals surface area contributed by atoms with Crippen molar-refractivity contribution >= 4 is 5.97 Å². The molecule has 1 aromatic carbocycles. The number of carbonyl (C=O) groups is 1. The highest BCUT2D eigenvalue weighted by atomic mass is 16.6. The fourth-order valence-corrected chi connectivity index (χ4v) is 1.88. The number of aliphatic carboxylic acids is 1. The highest BCUT2D eigenvalue weighted by Crippen LogP contribution is 2.13. The molecule has 0 radical (unpaired) electrons. The van der Waals surface area contributed by atoms with E-state index in [9.17, 15) is 4.79 Å². The van der Waals surface area contributed by atoms with Crippen LogP contribution in [-0.2, 0) is 22.5 Å². The molecule has 1 rings (SSSR count). The molecular formula is C14H21NO3. The van der Waals surface area contributed by atoms with E-state index < -0.39 is 5.97 Å². The molecule has 0 aromatic heterocycles. The summed E-state index contributed by atoms with van der Waals surface area (Å²) in [6, 6.07) is 7.81. The number of hydrogen-bond donors (Lipinski definition) is 2. The van der Waals surface area contributed by atoms with Crippen molar-refractivity contribution in [1.82, 2.24) is 5.48 Å². The molecule has 0 amide bonds. The van der Waals surface area contributed by atoms with E-state index in [2.05, 4.69) is 12.4 Å². The number of carboxylic acid groups (broad SMARTS) is 1. The van der Waals surface area contributed by atoms with Crippen molar-refractivity contribution in [1.29, 1.82) is 0 Å². The summed E-state index contributed by atoms with van der Waals surface area (Å²) in [5.74, 6) is -0.222. The number of benzene rings is 1. The molecule has 0 saturated heterocycles. The van der Waals surface area contributed by atoms with E-state index >= 15 is 0 Å². The lowest BCUT2D eigenvalue weighted by atomic mass is 9.97. The van der Waals surface area contributed by atoms with Crippen LogP contribution in [0.25, 0.3) is 0 Å². The normalized spacial score (nSPS) is 12.3. The second-order valence-corrected chi connectivity index (χ2v) is 4.58. The minimum atomic E-state index is -0.790. The van der Waals surface area contributed by atoms with Crippen molar-refractivity contribution in [2.75, 3.05) is 13.7 Å². The van der Waals surface area contributed by atoms with Gasteiger partial charge in [0.15, 0.2) is 0 Å². The van der Waals surface area contributed by atoms with Crippen molar-refractivity contribution < 1.29 is 14.7 Å². The van der Waals surface area contributed by atoms with Gasteiger partial charge in [-0.15, -0.1) is 0 Å². The van der Waals surface area contributed by atoms with Crippen molar-refractivity contribution in [3.05, 3.63) is 35.4 Å². The average molecular weight is 251 g/mol. The van der Waals surface area contributed by atoms with Crippen LogP contribution >= 0.6 is 0 Å². The van der Waals surface area contributed by atoms with Gasteiger partial charge < -0.3 is 9.94 Å². The summed E-state index contributed by atoms with van der Waals surface area (Å²) in [6.07, 6.45) is 2.14. The second kappa shape index (κ2) is 7.84. The maximum Gasteiger partial charge on any atom is 0.307 e. The molecule has 0 heterocycles. The molecule has 4 heteroatoms. The molecule has 1 atom stereocenters. The molecule has 1 aromatic rings. The Balaban J connectivity index is 2.40. The van der Waals surface area contributed by atoms with Crippen molar-refractivity contribution in [2.24, 2.45) is 5.92 Å². The van der Waals surface area contributed by atoms with Crippen LogP contribution in [0.1, 0.15) is 24.5 Å². The number of carboxylic acids is 1. The van der Waals surface area contributed by atoms with Gasteiger partial charge in [-0.1, -0.05) is 31.2 Å². The van der Waals surface area contributed by atoms with Gasteiger partial charge in [-0.05, 0) is 29.9 Å². The summed E-state index contributed by atoms with van der Waals surface area (Å²) in [5.41, 5.74) is 4.92. The van der Waals surface area contributed by atoms with Gasteiger partial charge in [0.1, 0.15) is 0 Å². The van der Waals surface area contributed by atoms with Gasteiger partial charge in [-0.3, -0.25) is 4.79 Å². The summed E-state index contributed by atoms with van der Waals surface area (Å²) in [5, 5.41) is 8.68. The predicted molar refractivity (Wildman–Crippen MR) is 70.3 cm³/mol. The van der Waals surface area contributed by atoms with Crippen LogP contribution in [0.2, 0.25) is 0 Å². The average Bonchev–Trinajstić information content (AvgIpc) is 2.31. The SMILES string of the molecule is CONCCC(C)Cc1ccc(CC(=O)O)cc1. The van der Waals surface area contributed by atoms with Crippen LogP contribution in [0.3, 0.4) is 0 Å². The Morgan fingerprint density at radius 2 is 1.94 bits per heavy atom. The van der Waals surface area contributed by atoms with Crippen LogP contribution in [-0.4, -0.2) is 24.7 Å². The van der Waals surface area contributed by atoms with Gasteiger partial charge >= 0.3 is 5.97 Å². The Morgan fingerprint density at radius 3 is 2.50 bits per heavy atom. The van der Waals surface area contributed by atoms with E-state index in [0.29, 0.717) is 5.92 Å². The lowest BCUT2D eigenvalue weighted by molar-refractivity contribution is -0.136. The Bertz CT molecular complexity index is 362. The first-order valence-corrected chi connectivity index (χ1v) is 6.17. The molecule has 100 valence electrons. The molecule has 0 aliphatic rings. The summed E-state index contributed by atoms with van der Waals surface area (Å²) in [7, 11) is 1.62. The summed E-state index contributed by atoms with van der Waals surface area (Å²) >= 11 is 0. The lowest BCUT2D eigenvalue weighted by Gasteiger charge is -2.11. The third-order valence-corrected chi connectivity index (χ3v) is 2.85. The minimum Gasteiger partial charge on any atom is -0.481 e. The third kappa shape index (κ3) is 5.80. The Morgan fingerprint density at radius 1 is 1.33 bits per heavy atom. The van der Waals surface area contributed by atoms with Crippen LogP contribution in [0.5, 0.6) is 0 Å². The van der Waals surface area contributed by atoms with Crippen LogP contribution < -0.4 is 5.48 Å². The first kappa shape index (κ1) is 14.7. The fraction of sp³-hybridized carbons (Fsp3) is 0.500. The Labute approximate surface area is 108 Å². The molecule has 18 heavy (non-hydrogen) atoms. The number of rotatable bonds is 8. The Kier molecular flexibility index (Phi) is 6.39. The zero-order valence-electron chi connectivity index (χ0n) is 11.0. The third-order valence-electron chi connectivity index (χ3n) is 2.85. The van der Waals surface area contributed by atoms with Gasteiger partial charge in [0.05, 0.1) is 13.5 Å². The molecule has 0 aliphatic carbocycles. The summed E-state index contributed by atoms with van der Waals surface area (Å²) in [4.78, 5) is 15.3. The predicted octanol–water partition coefficient (Wildman–Crippen LogP) is 2.03. The van der Waals surface area contributed by atoms with Crippen molar-refractivity contribution in [2.45, 2.75) is 26.2 Å². The van der Waals surface area contributed by atoms with E-state index in [-0.39, 0.29) is 6.42 Å². The van der Waals surface area contributed by atoms with Crippen molar-refractivity contribution in [3.63, 3.8) is 0 Å². The van der Waals surface area contributed by atoms with Gasteiger partial charge in [-0.25, -0.2) is 5.48 Å². The molecule has 4 nitrogen and oxygen atoms in total. The smallest absolute Gasteiger partial charge is 0.307 e. The monoisotopic (exact) mass is 251 g/mol. The topological polar surface area (TPSA) is 58.6 Å². The number of hydroxylamine groups is 1. The largest absolute Gasteiger partial charge is 0.481 e. The fourth-order valence-electron chi connectivity index (χ4n) is 1.88. The van der Waals surface area contributed by atoms with E-state index in [4.69, 9.17) is 9.94 Å². The number of hydrogen-bond acceptors (Lipinski definition) is 3. The van der Waals surface area contributed by atoms with E-state index in [1.807, 2.05) is 24.3 Å². The molecule has 0 fully saturated rings. The van der Waals surface area contributed by atoms with E-state index in [0.717, 1.165) is 24.9 Å². The Hall–Kier alpha value is -1.39. The van der Waals surface area contributed by atoms with Gasteiger partial charge in [0.2, 0.25) is 0 Å². The van der Waals surface area contributed by atoms with E-state index in [1.165, 1.54) is 5.56 Å². The lowest BCUT2D eigenvalue weighted by Crippen LogP contribution is -2.16. The maximum absolute atomic E-state index is 10.6. The number of nitrogens with one attached hydrogen (secondary N) is 1. The second-order valence-electron chi connectivity index (χ2n) is 4.58. The highest BCUT2D eigenvalue weighted by Gasteiger charge is 2.05. The van der Waals surface area contributed by atoms with Gasteiger partial charge in [0.25, 0.3) is 0 Å². The standard InChI is InChI=1S/C14H21NO3/c1-11(7-8-15-18-2)9-12-3-5-13(6-4-12)10-14(16)17/h3-6,11,15H,7-10H2,1-2H3,(H,16,17). The molecular weight excluding hydrogens is 230 g/mol. The van der Waals surface area contributed by atoms with Gasteiger partial charge in [0, 0.05) is 6.54 Å². The van der Waals surface area contributed by atoms with E-state index in [1.54, 1.807) is 7.11 Å². The van der Waals surface area contributed by atoms with Crippen LogP contribution in [0.4, 0.5) is 0 Å². The van der Waals surface area contributed by atoms with Crippen LogP contribution in [0.15, 0.2) is 24.3 Å². The molecule has 0 saturated carbocycles. The zero-order chi connectivity index (χ0) is 13.4. The summed E-state index contributed by atoms with van der Waals surface area (Å²) < 4.78 is 0. The first-order chi connectivity index (χ1) is 8.61. The maximum atomic E-state index is 10.6. The zero-order valence-corrected chi connectivity index (χ0v) is 11.0. The minimum absolute atomic E-state index is 0.0909. The van der Waals surface area contributed by atoms with Crippen molar-refractivity contribution in [3.8, 4) is 0 Å². The molecule has 0 spiro atoms.